The van der Waals surface area contributed by atoms with Crippen molar-refractivity contribution in [2.75, 3.05) is 17.7 Å². The van der Waals surface area contributed by atoms with E-state index in [0.29, 0.717) is 18.0 Å². The fraction of sp³-hybridized carbons (Fsp3) is 0.786. The van der Waals surface area contributed by atoms with E-state index in [0.717, 1.165) is 5.92 Å². The smallest absolute Gasteiger partial charge is 0.323 e. The Balaban J connectivity index is 2.12. The predicted molar refractivity (Wildman–Crippen MR) is 79.8 cm³/mol. The second-order valence-corrected chi connectivity index (χ2v) is 5.97. The fourth-order valence-corrected chi connectivity index (χ4v) is 2.58. The highest BCUT2D eigenvalue weighted by Crippen LogP contribution is 2.28. The first-order valence-corrected chi connectivity index (χ1v) is 7.36. The quantitative estimate of drug-likeness (QED) is 0.911. The van der Waals surface area contributed by atoms with E-state index in [9.17, 15) is 0 Å². The minimum absolute atomic E-state index is 0.0190. The zero-order chi connectivity index (χ0) is 14.7. The monoisotopic (exact) mass is 279 g/mol. The highest BCUT2D eigenvalue weighted by molar-refractivity contribution is 5.36. The van der Waals surface area contributed by atoms with Crippen molar-refractivity contribution in [1.29, 1.82) is 0 Å². The summed E-state index contributed by atoms with van der Waals surface area (Å²) >= 11 is 0. The van der Waals surface area contributed by atoms with Crippen LogP contribution in [0, 0.1) is 5.92 Å². The molecule has 0 atom stereocenters. The average molecular weight is 279 g/mol. The Bertz CT molecular complexity index is 443. The Hall–Kier alpha value is -1.59. The summed E-state index contributed by atoms with van der Waals surface area (Å²) in [6, 6.07) is 0.776. The molecule has 1 aliphatic rings. The van der Waals surface area contributed by atoms with Crippen molar-refractivity contribution >= 4 is 11.9 Å². The molecule has 0 aliphatic heterocycles. The summed E-state index contributed by atoms with van der Waals surface area (Å²) in [4.78, 5) is 14.7. The molecule has 6 heteroatoms. The minimum atomic E-state index is 0.0190. The van der Waals surface area contributed by atoms with Gasteiger partial charge in [0.25, 0.3) is 0 Å². The molecule has 112 valence electrons. The number of nitrogens with two attached hydrogens (primary N) is 1. The van der Waals surface area contributed by atoms with Gasteiger partial charge in [-0.15, -0.1) is 0 Å². The number of aromatic nitrogens is 3. The van der Waals surface area contributed by atoms with Gasteiger partial charge < -0.3 is 15.4 Å². The number of nitrogen functional groups attached to an aromatic ring is 1. The van der Waals surface area contributed by atoms with Crippen molar-refractivity contribution in [3.63, 3.8) is 0 Å². The van der Waals surface area contributed by atoms with Gasteiger partial charge in [0.2, 0.25) is 11.9 Å². The highest BCUT2D eigenvalue weighted by atomic mass is 16.5. The molecule has 0 spiro atoms. The van der Waals surface area contributed by atoms with Gasteiger partial charge in [0, 0.05) is 13.1 Å². The highest BCUT2D eigenvalue weighted by Gasteiger charge is 2.24. The van der Waals surface area contributed by atoms with Crippen LogP contribution >= 0.6 is 0 Å². The molecule has 2 N–H and O–H groups in total. The predicted octanol–water partition coefficient (Wildman–Crippen LogP) is 2.26. The molecule has 0 amide bonds. The van der Waals surface area contributed by atoms with E-state index in [1.807, 2.05) is 20.9 Å². The van der Waals surface area contributed by atoms with Crippen LogP contribution in [-0.4, -0.2) is 34.1 Å². The lowest BCUT2D eigenvalue weighted by Gasteiger charge is -2.33. The standard InChI is InChI=1S/C14H25N5O/c1-9(2)20-14-17-12(15)16-13(18-14)19(4)11-7-5-10(3)6-8-11/h9-11H,5-8H2,1-4H3,(H2,15,16,17,18). The van der Waals surface area contributed by atoms with Crippen molar-refractivity contribution in [3.05, 3.63) is 0 Å². The number of nitrogens with zero attached hydrogens (tertiary/aromatic N) is 4. The first-order valence-electron chi connectivity index (χ1n) is 7.36. The van der Waals surface area contributed by atoms with E-state index in [2.05, 4.69) is 26.8 Å². The van der Waals surface area contributed by atoms with Crippen LogP contribution in [0.15, 0.2) is 0 Å². The van der Waals surface area contributed by atoms with E-state index in [4.69, 9.17) is 10.5 Å². The maximum absolute atomic E-state index is 5.76. The Morgan fingerprint density at radius 2 is 1.80 bits per heavy atom. The maximum Gasteiger partial charge on any atom is 0.323 e. The van der Waals surface area contributed by atoms with Gasteiger partial charge in [-0.1, -0.05) is 6.92 Å². The normalized spacial score (nSPS) is 22.9. The molecule has 0 saturated heterocycles. The molecule has 1 heterocycles. The zero-order valence-electron chi connectivity index (χ0n) is 12.8. The van der Waals surface area contributed by atoms with Gasteiger partial charge in [-0.05, 0) is 45.4 Å². The van der Waals surface area contributed by atoms with Gasteiger partial charge in [0.05, 0.1) is 6.10 Å². The second kappa shape index (κ2) is 6.24. The molecule has 1 aromatic heterocycles. The fourth-order valence-electron chi connectivity index (χ4n) is 2.58. The summed E-state index contributed by atoms with van der Waals surface area (Å²) in [5.74, 6) is 1.64. The molecule has 0 unspecified atom stereocenters. The summed E-state index contributed by atoms with van der Waals surface area (Å²) < 4.78 is 5.52. The van der Waals surface area contributed by atoms with Gasteiger partial charge in [0.15, 0.2) is 0 Å². The van der Waals surface area contributed by atoms with Gasteiger partial charge in [-0.2, -0.15) is 15.0 Å². The Morgan fingerprint density at radius 1 is 1.15 bits per heavy atom. The summed E-state index contributed by atoms with van der Waals surface area (Å²) in [7, 11) is 2.02. The maximum atomic E-state index is 5.76. The summed E-state index contributed by atoms with van der Waals surface area (Å²) in [6.45, 7) is 6.18. The molecule has 1 saturated carbocycles. The van der Waals surface area contributed by atoms with Crippen molar-refractivity contribution in [2.24, 2.45) is 5.92 Å². The summed E-state index contributed by atoms with van der Waals surface area (Å²) in [6.07, 6.45) is 4.87. The first-order chi connectivity index (χ1) is 9.45. The lowest BCUT2D eigenvalue weighted by atomic mass is 9.87. The molecular weight excluding hydrogens is 254 g/mol. The lowest BCUT2D eigenvalue weighted by molar-refractivity contribution is 0.222. The Kier molecular flexibility index (Phi) is 4.62. The van der Waals surface area contributed by atoms with Gasteiger partial charge in [0.1, 0.15) is 0 Å². The molecule has 1 aliphatic carbocycles. The first kappa shape index (κ1) is 14.8. The van der Waals surface area contributed by atoms with Crippen molar-refractivity contribution in [1.82, 2.24) is 15.0 Å². The van der Waals surface area contributed by atoms with E-state index >= 15 is 0 Å². The Morgan fingerprint density at radius 3 is 2.40 bits per heavy atom. The van der Waals surface area contributed by atoms with Crippen LogP contribution in [0.5, 0.6) is 6.01 Å². The molecule has 2 rings (SSSR count). The van der Waals surface area contributed by atoms with Crippen LogP contribution in [0.3, 0.4) is 0 Å². The van der Waals surface area contributed by atoms with Crippen LogP contribution in [-0.2, 0) is 0 Å². The van der Waals surface area contributed by atoms with E-state index < -0.39 is 0 Å². The molecular formula is C14H25N5O. The van der Waals surface area contributed by atoms with Crippen LogP contribution in [0.1, 0.15) is 46.5 Å². The Labute approximate surface area is 120 Å². The number of anilines is 2. The van der Waals surface area contributed by atoms with Crippen LogP contribution in [0.25, 0.3) is 0 Å². The molecule has 0 radical (unpaired) electrons. The third-order valence-electron chi connectivity index (χ3n) is 3.81. The van der Waals surface area contributed by atoms with E-state index in [-0.39, 0.29) is 12.1 Å². The minimum Gasteiger partial charge on any atom is -0.461 e. The number of hydrogen-bond donors (Lipinski definition) is 1. The second-order valence-electron chi connectivity index (χ2n) is 5.97. The molecule has 20 heavy (non-hydrogen) atoms. The van der Waals surface area contributed by atoms with Crippen LogP contribution < -0.4 is 15.4 Å². The number of ether oxygens (including phenoxy) is 1. The van der Waals surface area contributed by atoms with Crippen LogP contribution in [0.4, 0.5) is 11.9 Å². The molecule has 0 aromatic carbocycles. The van der Waals surface area contributed by atoms with E-state index in [1.165, 1.54) is 25.7 Å². The topological polar surface area (TPSA) is 77.2 Å². The molecule has 0 bridgehead atoms. The van der Waals surface area contributed by atoms with Crippen molar-refractivity contribution < 1.29 is 4.74 Å². The van der Waals surface area contributed by atoms with Gasteiger partial charge >= 0.3 is 6.01 Å². The van der Waals surface area contributed by atoms with E-state index in [1.54, 1.807) is 0 Å². The van der Waals surface area contributed by atoms with Crippen molar-refractivity contribution in [3.8, 4) is 6.01 Å². The molecule has 1 aromatic rings. The SMILES string of the molecule is CC1CCC(N(C)c2nc(N)nc(OC(C)C)n2)CC1. The number of hydrogen-bond acceptors (Lipinski definition) is 6. The zero-order valence-corrected chi connectivity index (χ0v) is 12.8. The summed E-state index contributed by atoms with van der Waals surface area (Å²) in [5, 5.41) is 0. The molecule has 6 nitrogen and oxygen atoms in total. The molecule has 1 fully saturated rings. The van der Waals surface area contributed by atoms with Gasteiger partial charge in [-0.3, -0.25) is 0 Å². The lowest BCUT2D eigenvalue weighted by Crippen LogP contribution is -2.36. The van der Waals surface area contributed by atoms with Gasteiger partial charge in [-0.25, -0.2) is 0 Å². The average Bonchev–Trinajstić information content (AvgIpc) is 2.37. The third-order valence-corrected chi connectivity index (χ3v) is 3.81. The van der Waals surface area contributed by atoms with Crippen LogP contribution in [0.2, 0.25) is 0 Å². The summed E-state index contributed by atoms with van der Waals surface area (Å²) in [5.41, 5.74) is 5.76. The third kappa shape index (κ3) is 3.71. The number of rotatable bonds is 4. The largest absolute Gasteiger partial charge is 0.461 e. The van der Waals surface area contributed by atoms with Crippen molar-refractivity contribution in [2.45, 2.75) is 58.6 Å².